The highest BCUT2D eigenvalue weighted by molar-refractivity contribution is 5.23. The van der Waals surface area contributed by atoms with Crippen molar-refractivity contribution in [1.29, 1.82) is 0 Å². The van der Waals surface area contributed by atoms with Gasteiger partial charge in [-0.15, -0.1) is 0 Å². The number of rotatable bonds is 4. The third kappa shape index (κ3) is 3.34. The van der Waals surface area contributed by atoms with Gasteiger partial charge in [0, 0.05) is 18.2 Å². The molecule has 1 aromatic carbocycles. The lowest BCUT2D eigenvalue weighted by Gasteiger charge is -2.40. The number of likely N-dealkylation sites (tertiary alicyclic amines) is 1. The zero-order chi connectivity index (χ0) is 13.8. The summed E-state index contributed by atoms with van der Waals surface area (Å²) in [5, 5.41) is 0. The summed E-state index contributed by atoms with van der Waals surface area (Å²) in [5.74, 6) is 0.588. The van der Waals surface area contributed by atoms with E-state index in [1.54, 1.807) is 6.07 Å². The van der Waals surface area contributed by atoms with Gasteiger partial charge in [0.05, 0.1) is 6.04 Å². The van der Waals surface area contributed by atoms with E-state index in [9.17, 15) is 4.39 Å². The van der Waals surface area contributed by atoms with Gasteiger partial charge in [-0.05, 0) is 38.3 Å². The first-order valence-corrected chi connectivity index (χ1v) is 7.37. The standard InChI is InChI=1S/C16H25FN2/c1-3-13-7-6-10-19(11-13)16(12(2)18)14-8-4-5-9-15(14)17/h4-5,8-9,12-13,16H,3,6-7,10-11,18H2,1-2H3. The topological polar surface area (TPSA) is 29.3 Å². The van der Waals surface area contributed by atoms with Gasteiger partial charge >= 0.3 is 0 Å². The van der Waals surface area contributed by atoms with Gasteiger partial charge in [-0.3, -0.25) is 4.90 Å². The maximum absolute atomic E-state index is 14.1. The van der Waals surface area contributed by atoms with Crippen molar-refractivity contribution in [3.8, 4) is 0 Å². The van der Waals surface area contributed by atoms with Crippen molar-refractivity contribution >= 4 is 0 Å². The second-order valence-corrected chi connectivity index (χ2v) is 5.74. The Morgan fingerprint density at radius 2 is 2.16 bits per heavy atom. The van der Waals surface area contributed by atoms with Gasteiger partial charge in [-0.1, -0.05) is 31.5 Å². The molecule has 2 rings (SSSR count). The first kappa shape index (κ1) is 14.5. The van der Waals surface area contributed by atoms with Crippen molar-refractivity contribution in [3.05, 3.63) is 35.6 Å². The largest absolute Gasteiger partial charge is 0.326 e. The van der Waals surface area contributed by atoms with E-state index in [1.807, 2.05) is 19.1 Å². The van der Waals surface area contributed by atoms with Crippen LogP contribution in [0.3, 0.4) is 0 Å². The van der Waals surface area contributed by atoms with Gasteiger partial charge in [0.25, 0.3) is 0 Å². The Bertz CT molecular complexity index is 405. The minimum absolute atomic E-state index is 0.00412. The molecule has 1 saturated heterocycles. The van der Waals surface area contributed by atoms with Gasteiger partial charge in [0.1, 0.15) is 5.82 Å². The number of nitrogens with zero attached hydrogens (tertiary/aromatic N) is 1. The summed E-state index contributed by atoms with van der Waals surface area (Å²) in [6, 6.07) is 6.98. The molecule has 1 heterocycles. The van der Waals surface area contributed by atoms with Crippen LogP contribution in [0.1, 0.15) is 44.7 Å². The predicted molar refractivity (Wildman–Crippen MR) is 77.4 cm³/mol. The molecule has 3 heteroatoms. The van der Waals surface area contributed by atoms with Crippen LogP contribution < -0.4 is 5.73 Å². The summed E-state index contributed by atoms with van der Waals surface area (Å²) in [5.41, 5.74) is 6.89. The fourth-order valence-electron chi connectivity index (χ4n) is 3.21. The Kier molecular flexibility index (Phi) is 4.94. The molecule has 2 nitrogen and oxygen atoms in total. The second kappa shape index (κ2) is 6.49. The fourth-order valence-corrected chi connectivity index (χ4v) is 3.21. The van der Waals surface area contributed by atoms with Crippen LogP contribution in [0.5, 0.6) is 0 Å². The van der Waals surface area contributed by atoms with E-state index in [1.165, 1.54) is 25.3 Å². The smallest absolute Gasteiger partial charge is 0.128 e. The van der Waals surface area contributed by atoms with Gasteiger partial charge in [0.15, 0.2) is 0 Å². The summed E-state index contributed by atoms with van der Waals surface area (Å²) in [6.45, 7) is 6.28. The van der Waals surface area contributed by atoms with Crippen LogP contribution >= 0.6 is 0 Å². The van der Waals surface area contributed by atoms with Crippen LogP contribution in [0.25, 0.3) is 0 Å². The molecule has 0 bridgehead atoms. The van der Waals surface area contributed by atoms with E-state index in [0.29, 0.717) is 0 Å². The zero-order valence-corrected chi connectivity index (χ0v) is 12.0. The quantitative estimate of drug-likeness (QED) is 0.903. The highest BCUT2D eigenvalue weighted by atomic mass is 19.1. The monoisotopic (exact) mass is 264 g/mol. The molecular formula is C16H25FN2. The highest BCUT2D eigenvalue weighted by Crippen LogP contribution is 2.31. The maximum Gasteiger partial charge on any atom is 0.128 e. The lowest BCUT2D eigenvalue weighted by atomic mass is 9.91. The lowest BCUT2D eigenvalue weighted by Crippen LogP contribution is -2.45. The van der Waals surface area contributed by atoms with E-state index < -0.39 is 0 Å². The first-order chi connectivity index (χ1) is 9.13. The molecule has 0 aromatic heterocycles. The number of hydrogen-bond donors (Lipinski definition) is 1. The molecule has 1 aliphatic rings. The van der Waals surface area contributed by atoms with E-state index in [-0.39, 0.29) is 17.9 Å². The SMILES string of the molecule is CCC1CCCN(C(c2ccccc2F)C(C)N)C1. The van der Waals surface area contributed by atoms with Crippen LogP contribution in [0.15, 0.2) is 24.3 Å². The van der Waals surface area contributed by atoms with Crippen molar-refractivity contribution in [2.45, 2.75) is 45.2 Å². The molecule has 1 aliphatic heterocycles. The molecular weight excluding hydrogens is 239 g/mol. The van der Waals surface area contributed by atoms with Crippen LogP contribution in [0.4, 0.5) is 4.39 Å². The molecule has 106 valence electrons. The van der Waals surface area contributed by atoms with E-state index >= 15 is 0 Å². The molecule has 0 saturated carbocycles. The Balaban J connectivity index is 2.23. The molecule has 0 spiro atoms. The van der Waals surface area contributed by atoms with E-state index in [2.05, 4.69) is 11.8 Å². The Morgan fingerprint density at radius 3 is 2.79 bits per heavy atom. The first-order valence-electron chi connectivity index (χ1n) is 7.37. The van der Waals surface area contributed by atoms with Gasteiger partial charge in [-0.2, -0.15) is 0 Å². The summed E-state index contributed by atoms with van der Waals surface area (Å²) < 4.78 is 14.1. The third-order valence-corrected chi connectivity index (χ3v) is 4.24. The normalized spacial score (nSPS) is 24.1. The molecule has 3 unspecified atom stereocenters. The van der Waals surface area contributed by atoms with E-state index in [0.717, 1.165) is 24.6 Å². The Hall–Kier alpha value is -0.930. The Labute approximate surface area is 115 Å². The summed E-state index contributed by atoms with van der Waals surface area (Å²) >= 11 is 0. The minimum Gasteiger partial charge on any atom is -0.326 e. The van der Waals surface area contributed by atoms with Gasteiger partial charge < -0.3 is 5.73 Å². The molecule has 0 radical (unpaired) electrons. The fraction of sp³-hybridized carbons (Fsp3) is 0.625. The van der Waals surface area contributed by atoms with Crippen LogP contribution in [-0.4, -0.2) is 24.0 Å². The minimum atomic E-state index is -0.136. The average molecular weight is 264 g/mol. The van der Waals surface area contributed by atoms with Crippen LogP contribution in [0.2, 0.25) is 0 Å². The molecule has 0 aliphatic carbocycles. The highest BCUT2D eigenvalue weighted by Gasteiger charge is 2.30. The zero-order valence-electron chi connectivity index (χ0n) is 12.0. The van der Waals surface area contributed by atoms with Crippen molar-refractivity contribution < 1.29 is 4.39 Å². The van der Waals surface area contributed by atoms with Crippen molar-refractivity contribution in [2.24, 2.45) is 11.7 Å². The molecule has 1 aromatic rings. The van der Waals surface area contributed by atoms with Crippen LogP contribution in [-0.2, 0) is 0 Å². The molecule has 0 amide bonds. The van der Waals surface area contributed by atoms with Crippen molar-refractivity contribution in [3.63, 3.8) is 0 Å². The van der Waals surface area contributed by atoms with Crippen LogP contribution in [0, 0.1) is 11.7 Å². The number of benzene rings is 1. The average Bonchev–Trinajstić information content (AvgIpc) is 2.41. The van der Waals surface area contributed by atoms with Gasteiger partial charge in [0.2, 0.25) is 0 Å². The molecule has 2 N–H and O–H groups in total. The second-order valence-electron chi connectivity index (χ2n) is 5.74. The molecule has 19 heavy (non-hydrogen) atoms. The third-order valence-electron chi connectivity index (χ3n) is 4.24. The Morgan fingerprint density at radius 1 is 1.42 bits per heavy atom. The van der Waals surface area contributed by atoms with Crippen molar-refractivity contribution in [2.75, 3.05) is 13.1 Å². The predicted octanol–water partition coefficient (Wildman–Crippen LogP) is 3.34. The number of hydrogen-bond acceptors (Lipinski definition) is 2. The summed E-state index contributed by atoms with van der Waals surface area (Å²) in [6.07, 6.45) is 3.67. The maximum atomic E-state index is 14.1. The molecule has 1 fully saturated rings. The lowest BCUT2D eigenvalue weighted by molar-refractivity contribution is 0.106. The number of halogens is 1. The number of piperidine rings is 1. The van der Waals surface area contributed by atoms with Gasteiger partial charge in [-0.25, -0.2) is 4.39 Å². The number of nitrogens with two attached hydrogens (primary N) is 1. The van der Waals surface area contributed by atoms with E-state index in [4.69, 9.17) is 5.73 Å². The summed E-state index contributed by atoms with van der Waals surface area (Å²) in [7, 11) is 0. The summed E-state index contributed by atoms with van der Waals surface area (Å²) in [4.78, 5) is 2.38. The van der Waals surface area contributed by atoms with Crippen molar-refractivity contribution in [1.82, 2.24) is 4.90 Å². The molecule has 3 atom stereocenters.